The molecule has 0 spiro atoms. The lowest BCUT2D eigenvalue weighted by Gasteiger charge is -2.24. The molecule has 1 amide bonds. The Morgan fingerprint density at radius 1 is 1.03 bits per heavy atom. The molecule has 9 heteroatoms. The fourth-order valence-corrected chi connectivity index (χ4v) is 4.94. The van der Waals surface area contributed by atoms with Gasteiger partial charge in [0.25, 0.3) is 0 Å². The van der Waals surface area contributed by atoms with Crippen molar-refractivity contribution in [2.45, 2.75) is 31.3 Å². The van der Waals surface area contributed by atoms with E-state index in [4.69, 9.17) is 23.2 Å². The fourth-order valence-electron chi connectivity index (χ4n) is 3.23. The molecule has 0 bridgehead atoms. The van der Waals surface area contributed by atoms with Crippen molar-refractivity contribution in [2.24, 2.45) is 0 Å². The number of benzene rings is 3. The number of nitrogens with one attached hydrogen (secondary N) is 1. The molecule has 0 saturated heterocycles. The van der Waals surface area contributed by atoms with Gasteiger partial charge in [0, 0.05) is 22.2 Å². The van der Waals surface area contributed by atoms with Crippen LogP contribution < -0.4 is 5.32 Å². The summed E-state index contributed by atoms with van der Waals surface area (Å²) in [7, 11) is -4.12. The highest BCUT2D eigenvalue weighted by atomic mass is 35.5. The molecule has 0 fully saturated rings. The number of halogens is 3. The van der Waals surface area contributed by atoms with Crippen LogP contribution in [0.1, 0.15) is 29.7 Å². The van der Waals surface area contributed by atoms with E-state index in [-0.39, 0.29) is 15.5 Å². The van der Waals surface area contributed by atoms with Crippen LogP contribution in [0.25, 0.3) is 0 Å². The van der Waals surface area contributed by atoms with Gasteiger partial charge in [-0.3, -0.25) is 4.79 Å². The Morgan fingerprint density at radius 2 is 1.67 bits per heavy atom. The Morgan fingerprint density at radius 3 is 2.27 bits per heavy atom. The molecule has 1 N–H and O–H groups in total. The van der Waals surface area contributed by atoms with Gasteiger partial charge in [-0.2, -0.15) is 4.31 Å². The third-order valence-corrected chi connectivity index (χ3v) is 7.53. The summed E-state index contributed by atoms with van der Waals surface area (Å²) in [6.45, 7) is 2.69. The van der Waals surface area contributed by atoms with Crippen molar-refractivity contribution >= 4 is 39.1 Å². The molecule has 0 unspecified atom stereocenters. The number of carbonyl (C=O) groups is 1. The van der Waals surface area contributed by atoms with Gasteiger partial charge >= 0.3 is 0 Å². The van der Waals surface area contributed by atoms with Crippen LogP contribution in [-0.4, -0.2) is 25.2 Å². The molecular formula is C24H23Cl2FN2O3S. The number of rotatable bonds is 8. The number of carbonyl (C=O) groups excluding carboxylic acids is 1. The maximum Gasteiger partial charge on any atom is 0.243 e. The molecule has 174 valence electrons. The van der Waals surface area contributed by atoms with Gasteiger partial charge < -0.3 is 5.32 Å². The molecule has 3 rings (SSSR count). The maximum atomic E-state index is 14.4. The molecular weight excluding hydrogens is 486 g/mol. The summed E-state index contributed by atoms with van der Waals surface area (Å²) in [6, 6.07) is 16.9. The molecule has 0 aliphatic heterocycles. The van der Waals surface area contributed by atoms with Crippen LogP contribution in [0.4, 0.5) is 4.39 Å². The Kier molecular flexibility index (Phi) is 8.13. The summed E-state index contributed by atoms with van der Waals surface area (Å²) < 4.78 is 42.1. The quantitative estimate of drug-likeness (QED) is 0.436. The van der Waals surface area contributed by atoms with Crippen molar-refractivity contribution in [2.75, 3.05) is 6.54 Å². The van der Waals surface area contributed by atoms with E-state index in [9.17, 15) is 17.6 Å². The number of hydrogen-bond acceptors (Lipinski definition) is 3. The van der Waals surface area contributed by atoms with E-state index in [0.717, 1.165) is 15.4 Å². The van der Waals surface area contributed by atoms with Crippen molar-refractivity contribution in [3.63, 3.8) is 0 Å². The van der Waals surface area contributed by atoms with Crippen LogP contribution in [0.15, 0.2) is 71.6 Å². The van der Waals surface area contributed by atoms with Crippen molar-refractivity contribution in [1.82, 2.24) is 9.62 Å². The standard InChI is InChI=1S/C24H23Cl2FN2O3S/c1-16-6-12-20(13-7-16)33(31,32)29(14-21-22(26)4-3-5-23(21)27)15-24(30)28-17(2)18-8-10-19(25)11-9-18/h3-13,17H,14-15H2,1-2H3,(H,28,30)/t17-/m0/s1. The molecule has 0 radical (unpaired) electrons. The van der Waals surface area contributed by atoms with Crippen LogP contribution in [-0.2, 0) is 21.4 Å². The lowest BCUT2D eigenvalue weighted by molar-refractivity contribution is -0.122. The summed E-state index contributed by atoms with van der Waals surface area (Å²) in [4.78, 5) is 12.8. The molecule has 5 nitrogen and oxygen atoms in total. The molecule has 1 atom stereocenters. The number of amides is 1. The largest absolute Gasteiger partial charge is 0.348 e. The normalized spacial score (nSPS) is 12.5. The molecule has 0 heterocycles. The van der Waals surface area contributed by atoms with Gasteiger partial charge in [-0.15, -0.1) is 0 Å². The van der Waals surface area contributed by atoms with Crippen LogP contribution >= 0.6 is 23.2 Å². The van der Waals surface area contributed by atoms with Crippen molar-refractivity contribution < 1.29 is 17.6 Å². The second-order valence-corrected chi connectivity index (χ2v) is 10.4. The first-order chi connectivity index (χ1) is 15.6. The minimum atomic E-state index is -4.12. The Hall–Kier alpha value is -2.45. The highest BCUT2D eigenvalue weighted by Gasteiger charge is 2.29. The molecule has 0 saturated carbocycles. The maximum absolute atomic E-state index is 14.4. The Labute approximate surface area is 203 Å². The van der Waals surface area contributed by atoms with Gasteiger partial charge in [-0.1, -0.05) is 59.1 Å². The average Bonchev–Trinajstić information content (AvgIpc) is 2.76. The molecule has 0 aliphatic carbocycles. The lowest BCUT2D eigenvalue weighted by Crippen LogP contribution is -2.41. The first-order valence-corrected chi connectivity index (χ1v) is 12.3. The monoisotopic (exact) mass is 508 g/mol. The molecule has 0 aromatic heterocycles. The first-order valence-electron chi connectivity index (χ1n) is 10.1. The third kappa shape index (κ3) is 6.32. The van der Waals surface area contributed by atoms with Crippen LogP contribution in [0, 0.1) is 12.7 Å². The van der Waals surface area contributed by atoms with E-state index >= 15 is 0 Å². The van der Waals surface area contributed by atoms with Gasteiger partial charge in [0.15, 0.2) is 0 Å². The third-order valence-electron chi connectivity index (χ3n) is 5.12. The van der Waals surface area contributed by atoms with Gasteiger partial charge in [0.05, 0.1) is 17.5 Å². The zero-order valence-electron chi connectivity index (χ0n) is 18.1. The molecule has 3 aromatic rings. The molecule has 3 aromatic carbocycles. The first kappa shape index (κ1) is 25.2. The Balaban J connectivity index is 1.88. The van der Waals surface area contributed by atoms with Crippen LogP contribution in [0.2, 0.25) is 10.0 Å². The van der Waals surface area contributed by atoms with E-state index in [1.807, 2.05) is 6.92 Å². The zero-order valence-corrected chi connectivity index (χ0v) is 20.4. The van der Waals surface area contributed by atoms with Gasteiger partial charge in [0.2, 0.25) is 15.9 Å². The van der Waals surface area contributed by atoms with Gasteiger partial charge in [0.1, 0.15) is 5.82 Å². The summed E-state index contributed by atoms with van der Waals surface area (Å²) >= 11 is 12.0. The van der Waals surface area contributed by atoms with Crippen LogP contribution in [0.5, 0.6) is 0 Å². The number of hydrogen-bond donors (Lipinski definition) is 1. The van der Waals surface area contributed by atoms with Crippen molar-refractivity contribution in [3.05, 3.63) is 99.3 Å². The van der Waals surface area contributed by atoms with Crippen molar-refractivity contribution in [1.29, 1.82) is 0 Å². The van der Waals surface area contributed by atoms with E-state index in [1.165, 1.54) is 30.3 Å². The van der Waals surface area contributed by atoms with E-state index in [2.05, 4.69) is 5.32 Å². The SMILES string of the molecule is Cc1ccc(S(=O)(=O)N(CC(=O)N[C@@H](C)c2ccc(Cl)cc2)Cc2c(F)cccc2Cl)cc1. The minimum absolute atomic E-state index is 0.000823. The zero-order chi connectivity index (χ0) is 24.2. The van der Waals surface area contributed by atoms with E-state index in [0.29, 0.717) is 5.02 Å². The van der Waals surface area contributed by atoms with Gasteiger partial charge in [-0.05, 0) is 55.8 Å². The second kappa shape index (κ2) is 10.7. The highest BCUT2D eigenvalue weighted by molar-refractivity contribution is 7.89. The smallest absolute Gasteiger partial charge is 0.243 e. The number of sulfonamides is 1. The van der Waals surface area contributed by atoms with Gasteiger partial charge in [-0.25, -0.2) is 12.8 Å². The van der Waals surface area contributed by atoms with E-state index in [1.54, 1.807) is 43.3 Å². The summed E-state index contributed by atoms with van der Waals surface area (Å²) in [5.41, 5.74) is 1.68. The number of aryl methyl sites for hydroxylation is 1. The fraction of sp³-hybridized carbons (Fsp3) is 0.208. The highest BCUT2D eigenvalue weighted by Crippen LogP contribution is 2.25. The summed E-state index contributed by atoms with van der Waals surface area (Å²) in [5.74, 6) is -1.19. The predicted octanol–water partition coefficient (Wildman–Crippen LogP) is 5.51. The lowest BCUT2D eigenvalue weighted by atomic mass is 10.1. The second-order valence-electron chi connectivity index (χ2n) is 7.63. The van der Waals surface area contributed by atoms with Crippen LogP contribution in [0.3, 0.4) is 0 Å². The average molecular weight is 509 g/mol. The topological polar surface area (TPSA) is 66.5 Å². The molecule has 0 aliphatic rings. The summed E-state index contributed by atoms with van der Waals surface area (Å²) in [5, 5.41) is 3.42. The van der Waals surface area contributed by atoms with E-state index < -0.39 is 40.9 Å². The summed E-state index contributed by atoms with van der Waals surface area (Å²) in [6.07, 6.45) is 0. The molecule has 33 heavy (non-hydrogen) atoms. The minimum Gasteiger partial charge on any atom is -0.348 e. The van der Waals surface area contributed by atoms with Crippen molar-refractivity contribution in [3.8, 4) is 0 Å². The predicted molar refractivity (Wildman–Crippen MR) is 128 cm³/mol. The number of nitrogens with zero attached hydrogens (tertiary/aromatic N) is 1. The Bertz CT molecular complexity index is 1210.